The maximum atomic E-state index is 12.9. The van der Waals surface area contributed by atoms with Crippen molar-refractivity contribution in [2.24, 2.45) is 5.90 Å². The molecule has 37 heavy (non-hydrogen) atoms. The molecular weight excluding hydrogens is 476 g/mol. The molecule has 0 aliphatic heterocycles. The van der Waals surface area contributed by atoms with Gasteiger partial charge in [0.2, 0.25) is 17.7 Å². The van der Waals surface area contributed by atoms with Crippen molar-refractivity contribution in [3.05, 3.63) is 70.4 Å². The minimum absolute atomic E-state index is 0.0138. The van der Waals surface area contributed by atoms with Gasteiger partial charge in [-0.05, 0) is 61.4 Å². The first-order valence-corrected chi connectivity index (χ1v) is 11.0. The van der Waals surface area contributed by atoms with Crippen molar-refractivity contribution in [3.63, 3.8) is 0 Å². The van der Waals surface area contributed by atoms with Crippen LogP contribution in [0.5, 0.6) is 11.6 Å². The minimum Gasteiger partial charge on any atom is -0.437 e. The van der Waals surface area contributed by atoms with Crippen LogP contribution in [0.1, 0.15) is 32.6 Å². The quantitative estimate of drug-likeness (QED) is 0.237. The highest BCUT2D eigenvalue weighted by Gasteiger charge is 2.19. The van der Waals surface area contributed by atoms with E-state index in [1.807, 2.05) is 6.07 Å². The van der Waals surface area contributed by atoms with Crippen LogP contribution in [0.4, 0.5) is 11.6 Å². The van der Waals surface area contributed by atoms with Gasteiger partial charge in [-0.3, -0.25) is 14.4 Å². The number of nitrogens with two attached hydrogens (primary N) is 1. The summed E-state index contributed by atoms with van der Waals surface area (Å²) in [7, 11) is 0. The Hall–Kier alpha value is -5.04. The Bertz CT molecular complexity index is 1350. The highest BCUT2D eigenvalue weighted by atomic mass is 16.6. The number of hydrogen-bond acceptors (Lipinski definition) is 10. The molecule has 5 N–H and O–H groups in total. The van der Waals surface area contributed by atoms with Crippen LogP contribution in [-0.2, 0) is 9.63 Å². The fraction of sp³-hybridized carbons (Fsp3) is 0.200. The second kappa shape index (κ2) is 12.6. The number of nitriles is 2. The fourth-order valence-electron chi connectivity index (χ4n) is 3.29. The van der Waals surface area contributed by atoms with Gasteiger partial charge in [0.15, 0.2) is 0 Å². The summed E-state index contributed by atoms with van der Waals surface area (Å²) in [6, 6.07) is 14.2. The number of rotatable bonds is 10. The third kappa shape index (κ3) is 7.22. The number of carbonyl (C=O) groups excluding carboxylic acids is 2. The monoisotopic (exact) mass is 500 g/mol. The molecule has 3 aromatic rings. The summed E-state index contributed by atoms with van der Waals surface area (Å²) in [5.41, 5.74) is 3.05. The van der Waals surface area contributed by atoms with Crippen LogP contribution >= 0.6 is 0 Å². The van der Waals surface area contributed by atoms with Gasteiger partial charge in [-0.15, -0.1) is 0 Å². The maximum absolute atomic E-state index is 12.9. The largest absolute Gasteiger partial charge is 0.437 e. The van der Waals surface area contributed by atoms with Crippen molar-refractivity contribution in [2.75, 3.05) is 25.0 Å². The molecule has 0 radical (unpaired) electrons. The Morgan fingerprint density at radius 3 is 2.27 bits per heavy atom. The number of nitrogens with zero attached hydrogens (tertiary/aromatic N) is 4. The summed E-state index contributed by atoms with van der Waals surface area (Å²) in [6.07, 6.45) is 1.32. The van der Waals surface area contributed by atoms with Crippen molar-refractivity contribution < 1.29 is 19.2 Å². The van der Waals surface area contributed by atoms with Gasteiger partial charge in [0.1, 0.15) is 17.9 Å². The zero-order valence-corrected chi connectivity index (χ0v) is 20.2. The molecule has 0 saturated heterocycles. The SMILES string of the molecule is Cc1cc(C#N)cc(C)c1Oc1nc(Nc2ccc(C#N)cc2)ncc1C(=O)NCCNC(=O)CON. The number of aryl methyl sites for hydroxylation is 2. The lowest BCUT2D eigenvalue weighted by Crippen LogP contribution is -2.36. The standard InChI is InChI=1S/C25H24N8O4/c1-15-9-18(12-27)10-16(2)22(15)37-24-20(23(35)30-8-7-29-21(34)14-36-28)13-31-25(33-24)32-19-5-3-17(11-26)4-6-19/h3-6,9-10,13H,7-8,14,28H2,1-2H3,(H,29,34)(H,30,35)(H,31,32,33). The molecule has 1 heterocycles. The Morgan fingerprint density at radius 2 is 1.65 bits per heavy atom. The van der Waals surface area contributed by atoms with Crippen molar-refractivity contribution in [3.8, 4) is 23.8 Å². The average Bonchev–Trinajstić information content (AvgIpc) is 2.89. The van der Waals surface area contributed by atoms with Gasteiger partial charge in [0, 0.05) is 25.0 Å². The van der Waals surface area contributed by atoms with Crippen LogP contribution in [0.2, 0.25) is 0 Å². The molecular formula is C25H24N8O4. The zero-order chi connectivity index (χ0) is 26.8. The van der Waals surface area contributed by atoms with E-state index in [2.05, 4.69) is 36.8 Å². The topological polar surface area (TPSA) is 188 Å². The Labute approximate surface area is 213 Å². The van der Waals surface area contributed by atoms with Crippen LogP contribution in [-0.4, -0.2) is 41.5 Å². The van der Waals surface area contributed by atoms with Gasteiger partial charge >= 0.3 is 0 Å². The molecule has 0 bridgehead atoms. The van der Waals surface area contributed by atoms with Crippen molar-refractivity contribution >= 4 is 23.5 Å². The Kier molecular flexibility index (Phi) is 9.05. The number of benzene rings is 2. The smallest absolute Gasteiger partial charge is 0.258 e. The van der Waals surface area contributed by atoms with E-state index in [4.69, 9.17) is 15.9 Å². The summed E-state index contributed by atoms with van der Waals surface area (Å²) >= 11 is 0. The predicted octanol–water partition coefficient (Wildman–Crippen LogP) is 2.11. The summed E-state index contributed by atoms with van der Waals surface area (Å²) in [5, 5.41) is 26.4. The van der Waals surface area contributed by atoms with Gasteiger partial charge in [-0.1, -0.05) is 0 Å². The molecule has 1 aromatic heterocycles. The molecule has 0 aliphatic carbocycles. The van der Waals surface area contributed by atoms with Crippen molar-refractivity contribution in [1.29, 1.82) is 10.5 Å². The first-order valence-electron chi connectivity index (χ1n) is 11.0. The first-order chi connectivity index (χ1) is 17.8. The minimum atomic E-state index is -0.520. The van der Waals surface area contributed by atoms with Gasteiger partial charge in [0.05, 0.1) is 23.3 Å². The van der Waals surface area contributed by atoms with E-state index < -0.39 is 11.8 Å². The van der Waals surface area contributed by atoms with Crippen LogP contribution in [0.15, 0.2) is 42.6 Å². The second-order valence-electron chi connectivity index (χ2n) is 7.80. The van der Waals surface area contributed by atoms with Gasteiger partial charge < -0.3 is 20.7 Å². The average molecular weight is 501 g/mol. The maximum Gasteiger partial charge on any atom is 0.258 e. The molecule has 0 spiro atoms. The molecule has 188 valence electrons. The summed E-state index contributed by atoms with van der Waals surface area (Å²) in [6.45, 7) is 3.55. The van der Waals surface area contributed by atoms with E-state index in [1.165, 1.54) is 6.20 Å². The molecule has 2 aromatic carbocycles. The number of amides is 2. The number of carbonyl (C=O) groups is 2. The number of hydrogen-bond donors (Lipinski definition) is 4. The lowest BCUT2D eigenvalue weighted by atomic mass is 10.1. The van der Waals surface area contributed by atoms with Gasteiger partial charge in [0.25, 0.3) is 5.91 Å². The van der Waals surface area contributed by atoms with E-state index in [9.17, 15) is 14.9 Å². The third-order valence-corrected chi connectivity index (χ3v) is 5.00. The van der Waals surface area contributed by atoms with Crippen LogP contribution < -0.4 is 26.6 Å². The van der Waals surface area contributed by atoms with E-state index in [-0.39, 0.29) is 37.1 Å². The zero-order valence-electron chi connectivity index (χ0n) is 20.2. The van der Waals surface area contributed by atoms with Crippen LogP contribution in [0, 0.1) is 36.5 Å². The normalized spacial score (nSPS) is 10.1. The van der Waals surface area contributed by atoms with Crippen LogP contribution in [0.3, 0.4) is 0 Å². The highest BCUT2D eigenvalue weighted by molar-refractivity contribution is 5.96. The number of nitrogens with one attached hydrogen (secondary N) is 3. The second-order valence-corrected chi connectivity index (χ2v) is 7.80. The van der Waals surface area contributed by atoms with E-state index >= 15 is 0 Å². The first kappa shape index (κ1) is 26.6. The van der Waals surface area contributed by atoms with E-state index in [0.717, 1.165) is 0 Å². The summed E-state index contributed by atoms with van der Waals surface area (Å²) in [5.74, 6) is 4.51. The molecule has 0 saturated carbocycles. The molecule has 3 rings (SSSR count). The third-order valence-electron chi connectivity index (χ3n) is 5.00. The number of aromatic nitrogens is 2. The van der Waals surface area contributed by atoms with Crippen molar-refractivity contribution in [2.45, 2.75) is 13.8 Å². The predicted molar refractivity (Wildman–Crippen MR) is 133 cm³/mol. The number of anilines is 2. The highest BCUT2D eigenvalue weighted by Crippen LogP contribution is 2.31. The molecule has 0 atom stereocenters. The molecule has 0 fully saturated rings. The van der Waals surface area contributed by atoms with Crippen LogP contribution in [0.25, 0.3) is 0 Å². The Morgan fingerprint density at radius 1 is 1.00 bits per heavy atom. The molecule has 12 nitrogen and oxygen atoms in total. The molecule has 0 aliphatic rings. The molecule has 0 unspecified atom stereocenters. The van der Waals surface area contributed by atoms with E-state index in [1.54, 1.807) is 50.2 Å². The van der Waals surface area contributed by atoms with Gasteiger partial charge in [-0.2, -0.15) is 15.5 Å². The summed E-state index contributed by atoms with van der Waals surface area (Å²) in [4.78, 5) is 37.2. The Balaban J connectivity index is 1.86. The molecule has 12 heteroatoms. The number of ether oxygens (including phenoxy) is 1. The van der Waals surface area contributed by atoms with E-state index in [0.29, 0.717) is 33.7 Å². The fourth-order valence-corrected chi connectivity index (χ4v) is 3.29. The summed E-state index contributed by atoms with van der Waals surface area (Å²) < 4.78 is 6.08. The lowest BCUT2D eigenvalue weighted by Gasteiger charge is -2.15. The lowest BCUT2D eigenvalue weighted by molar-refractivity contribution is -0.125. The molecule has 2 amide bonds. The van der Waals surface area contributed by atoms with Crippen molar-refractivity contribution in [1.82, 2.24) is 20.6 Å². The van der Waals surface area contributed by atoms with Gasteiger partial charge in [-0.25, -0.2) is 10.9 Å².